The van der Waals surface area contributed by atoms with Crippen LogP contribution in [0.5, 0.6) is 0 Å². The Labute approximate surface area is 146 Å². The third-order valence-electron chi connectivity index (χ3n) is 5.14. The van der Waals surface area contributed by atoms with E-state index in [-0.39, 0.29) is 0 Å². The number of hydrogen-bond acceptors (Lipinski definition) is 1. The minimum atomic E-state index is -3.30. The van der Waals surface area contributed by atoms with Gasteiger partial charge in [0, 0.05) is 5.41 Å². The summed E-state index contributed by atoms with van der Waals surface area (Å²) in [5, 5.41) is 0. The Morgan fingerprint density at radius 2 is 1.46 bits per heavy atom. The van der Waals surface area contributed by atoms with Gasteiger partial charge in [-0.15, -0.1) is 6.58 Å². The van der Waals surface area contributed by atoms with Crippen LogP contribution in [0.15, 0.2) is 61.3 Å². The van der Waals surface area contributed by atoms with Gasteiger partial charge in [-0.05, 0) is 41.0 Å². The molecular weight excluding hydrogens is 304 g/mol. The topological polar surface area (TPSA) is 26.0 Å². The summed E-state index contributed by atoms with van der Waals surface area (Å²) in [5.41, 5.74) is 2.54. The molecule has 1 nitrogen and oxygen atoms in total. The molecule has 0 bridgehead atoms. The maximum absolute atomic E-state index is 16.0. The first-order valence-electron chi connectivity index (χ1n) is 8.19. The van der Waals surface area contributed by atoms with Crippen molar-refractivity contribution >= 4 is 0 Å². The molecule has 2 N–H and O–H groups in total. The predicted molar refractivity (Wildman–Crippen MR) is 102 cm³/mol. The molecule has 136 valence electrons. The quantitative estimate of drug-likeness (QED) is 0.497. The number of alkyl halides is 2. The molecule has 0 aromatic heterocycles. The Morgan fingerprint density at radius 1 is 1.00 bits per heavy atom. The fourth-order valence-corrected chi connectivity index (χ4v) is 3.60. The SMILES string of the molecule is C=CCC(C)(C(=C)C)C(C=CC)(C(=C)C)C(F)(F)C(C)(N)C=CC. The lowest BCUT2D eigenvalue weighted by Gasteiger charge is -2.55. The van der Waals surface area contributed by atoms with Crippen molar-refractivity contribution in [2.75, 3.05) is 0 Å². The van der Waals surface area contributed by atoms with E-state index < -0.39 is 22.3 Å². The van der Waals surface area contributed by atoms with E-state index in [0.717, 1.165) is 0 Å². The van der Waals surface area contributed by atoms with Crippen LogP contribution in [0.3, 0.4) is 0 Å². The van der Waals surface area contributed by atoms with E-state index in [1.807, 2.05) is 0 Å². The second kappa shape index (κ2) is 7.60. The van der Waals surface area contributed by atoms with Crippen molar-refractivity contribution in [3.8, 4) is 0 Å². The predicted octanol–water partition coefficient (Wildman–Crippen LogP) is 6.21. The second-order valence-electron chi connectivity index (χ2n) is 7.05. The fraction of sp³-hybridized carbons (Fsp3) is 0.524. The molecule has 3 heteroatoms. The van der Waals surface area contributed by atoms with Gasteiger partial charge in [-0.25, -0.2) is 8.78 Å². The van der Waals surface area contributed by atoms with Crippen molar-refractivity contribution in [1.82, 2.24) is 0 Å². The van der Waals surface area contributed by atoms with Gasteiger partial charge in [0.25, 0.3) is 5.92 Å². The number of hydrogen-bond donors (Lipinski definition) is 1. The summed E-state index contributed by atoms with van der Waals surface area (Å²) in [6, 6.07) is 0. The van der Waals surface area contributed by atoms with Crippen LogP contribution in [0, 0.1) is 10.8 Å². The van der Waals surface area contributed by atoms with Gasteiger partial charge < -0.3 is 5.73 Å². The summed E-state index contributed by atoms with van der Waals surface area (Å²) in [5.74, 6) is -3.30. The molecule has 0 aliphatic rings. The normalized spacial score (nSPS) is 20.4. The van der Waals surface area contributed by atoms with E-state index in [9.17, 15) is 0 Å². The first-order chi connectivity index (χ1) is 10.8. The zero-order valence-corrected chi connectivity index (χ0v) is 16.0. The Bertz CT molecular complexity index is 554. The van der Waals surface area contributed by atoms with E-state index in [2.05, 4.69) is 19.7 Å². The van der Waals surface area contributed by atoms with E-state index in [0.29, 0.717) is 17.6 Å². The van der Waals surface area contributed by atoms with Crippen LogP contribution in [-0.2, 0) is 0 Å². The minimum Gasteiger partial charge on any atom is -0.317 e. The van der Waals surface area contributed by atoms with Crippen LogP contribution in [-0.4, -0.2) is 11.5 Å². The molecule has 0 spiro atoms. The van der Waals surface area contributed by atoms with Crippen molar-refractivity contribution in [3.63, 3.8) is 0 Å². The lowest BCUT2D eigenvalue weighted by atomic mass is 9.51. The van der Waals surface area contributed by atoms with Crippen LogP contribution in [0.4, 0.5) is 8.78 Å². The number of nitrogens with two attached hydrogens (primary N) is 1. The number of allylic oxidation sites excluding steroid dienone is 6. The van der Waals surface area contributed by atoms with Crippen molar-refractivity contribution < 1.29 is 8.78 Å². The minimum absolute atomic E-state index is 0.334. The third kappa shape index (κ3) is 3.19. The Hall–Kier alpha value is -1.48. The van der Waals surface area contributed by atoms with Gasteiger partial charge in [-0.3, -0.25) is 0 Å². The van der Waals surface area contributed by atoms with Gasteiger partial charge in [-0.1, -0.05) is 61.6 Å². The highest BCUT2D eigenvalue weighted by Crippen LogP contribution is 2.62. The average molecular weight is 337 g/mol. The molecule has 0 saturated heterocycles. The zero-order chi connectivity index (χ0) is 19.4. The first-order valence-corrected chi connectivity index (χ1v) is 8.19. The van der Waals surface area contributed by atoms with Crippen LogP contribution >= 0.6 is 0 Å². The fourth-order valence-electron chi connectivity index (χ4n) is 3.60. The number of halogens is 2. The van der Waals surface area contributed by atoms with E-state index >= 15 is 8.78 Å². The second-order valence-corrected chi connectivity index (χ2v) is 7.05. The molecular formula is C21H33F2N. The maximum atomic E-state index is 16.0. The third-order valence-corrected chi connectivity index (χ3v) is 5.14. The molecule has 0 heterocycles. The molecule has 0 aliphatic heterocycles. The van der Waals surface area contributed by atoms with Crippen LogP contribution in [0.1, 0.15) is 48.0 Å². The smallest absolute Gasteiger partial charge is 0.282 e. The van der Waals surface area contributed by atoms with Crippen LogP contribution in [0.2, 0.25) is 0 Å². The highest BCUT2D eigenvalue weighted by Gasteiger charge is 2.67. The molecule has 0 amide bonds. The Kier molecular flexibility index (Phi) is 7.14. The van der Waals surface area contributed by atoms with Crippen LogP contribution in [0.25, 0.3) is 0 Å². The van der Waals surface area contributed by atoms with E-state index in [1.165, 1.54) is 19.1 Å². The van der Waals surface area contributed by atoms with Gasteiger partial charge in [0.2, 0.25) is 0 Å². The molecule has 0 radical (unpaired) electrons. The summed E-state index contributed by atoms with van der Waals surface area (Å²) in [4.78, 5) is 0. The van der Waals surface area contributed by atoms with Crippen molar-refractivity contribution in [1.29, 1.82) is 0 Å². The first kappa shape index (κ1) is 22.5. The highest BCUT2D eigenvalue weighted by molar-refractivity contribution is 5.38. The van der Waals surface area contributed by atoms with Crippen LogP contribution < -0.4 is 5.73 Å². The molecule has 0 aliphatic carbocycles. The Balaban J connectivity index is 7.08. The monoisotopic (exact) mass is 337 g/mol. The molecule has 0 aromatic rings. The molecule has 3 unspecified atom stereocenters. The van der Waals surface area contributed by atoms with Crippen molar-refractivity contribution in [2.24, 2.45) is 16.6 Å². The van der Waals surface area contributed by atoms with Crippen molar-refractivity contribution in [2.45, 2.75) is 59.4 Å². The Morgan fingerprint density at radius 3 is 1.75 bits per heavy atom. The highest BCUT2D eigenvalue weighted by atomic mass is 19.3. The summed E-state index contributed by atoms with van der Waals surface area (Å²) in [6.45, 7) is 21.6. The lowest BCUT2D eigenvalue weighted by Crippen LogP contribution is -2.65. The summed E-state index contributed by atoms with van der Waals surface area (Å²) >= 11 is 0. The van der Waals surface area contributed by atoms with Gasteiger partial charge in [-0.2, -0.15) is 0 Å². The van der Waals surface area contributed by atoms with Gasteiger partial charge in [0.1, 0.15) is 0 Å². The summed E-state index contributed by atoms with van der Waals surface area (Å²) < 4.78 is 31.9. The number of rotatable bonds is 9. The van der Waals surface area contributed by atoms with Crippen molar-refractivity contribution in [3.05, 3.63) is 61.3 Å². The van der Waals surface area contributed by atoms with Gasteiger partial charge >= 0.3 is 0 Å². The average Bonchev–Trinajstić information content (AvgIpc) is 2.43. The molecule has 0 fully saturated rings. The maximum Gasteiger partial charge on any atom is 0.282 e. The lowest BCUT2D eigenvalue weighted by molar-refractivity contribution is -0.157. The van der Waals surface area contributed by atoms with E-state index in [4.69, 9.17) is 5.73 Å². The molecule has 0 aromatic carbocycles. The summed E-state index contributed by atoms with van der Waals surface area (Å²) in [6.07, 6.45) is 8.05. The molecule has 0 saturated carbocycles. The molecule has 3 atom stereocenters. The standard InChI is InChI=1S/C21H33F2N/c1-10-13-18(8,16(4)5)20(15-12-3,17(6)7)21(22,23)19(9,24)14-11-2/h10-12,14-15H,1,4,6,13,24H2,2-3,5,7-9H3. The largest absolute Gasteiger partial charge is 0.317 e. The molecule has 24 heavy (non-hydrogen) atoms. The zero-order valence-electron chi connectivity index (χ0n) is 16.0. The van der Waals surface area contributed by atoms with E-state index in [1.54, 1.807) is 52.8 Å². The summed E-state index contributed by atoms with van der Waals surface area (Å²) in [7, 11) is 0. The van der Waals surface area contributed by atoms with Gasteiger partial charge in [0.15, 0.2) is 0 Å². The van der Waals surface area contributed by atoms with Gasteiger partial charge in [0.05, 0.1) is 11.0 Å². The molecule has 0 rings (SSSR count).